The topological polar surface area (TPSA) is 40.6 Å². The number of thioether (sulfide) groups is 1. The van der Waals surface area contributed by atoms with Crippen LogP contribution >= 0.6 is 11.8 Å². The molecule has 0 aliphatic carbocycles. The number of carbonyl (C=O) groups excluding carboxylic acids is 2. The summed E-state index contributed by atoms with van der Waals surface area (Å²) in [6.07, 6.45) is 0.501. The Hall–Kier alpha value is -2.34. The van der Waals surface area contributed by atoms with Crippen LogP contribution in [0, 0.1) is 5.82 Å². The van der Waals surface area contributed by atoms with E-state index in [2.05, 4.69) is 0 Å². The van der Waals surface area contributed by atoms with Crippen molar-refractivity contribution in [2.45, 2.75) is 18.2 Å². The fraction of sp³-hybridized carbons (Fsp3) is 0.333. The van der Waals surface area contributed by atoms with E-state index < -0.39 is 0 Å². The quantitative estimate of drug-likeness (QED) is 0.558. The number of ketones is 1. The molecule has 0 aromatic heterocycles. The molecule has 0 bridgehead atoms. The predicted molar refractivity (Wildman–Crippen MR) is 107 cm³/mol. The van der Waals surface area contributed by atoms with Crippen LogP contribution in [0.1, 0.15) is 23.7 Å². The minimum Gasteiger partial charge on any atom is -0.366 e. The molecule has 2 aromatic rings. The zero-order chi connectivity index (χ0) is 19.2. The van der Waals surface area contributed by atoms with Crippen LogP contribution < -0.4 is 4.90 Å². The second kappa shape index (κ2) is 9.04. The van der Waals surface area contributed by atoms with Crippen LogP contribution in [0.4, 0.5) is 10.1 Å². The number of rotatable bonds is 6. The highest BCUT2D eigenvalue weighted by atomic mass is 32.2. The van der Waals surface area contributed by atoms with Gasteiger partial charge in [0.15, 0.2) is 5.78 Å². The van der Waals surface area contributed by atoms with E-state index in [1.165, 1.54) is 17.9 Å². The Morgan fingerprint density at radius 3 is 2.37 bits per heavy atom. The van der Waals surface area contributed by atoms with Crippen molar-refractivity contribution in [3.8, 4) is 0 Å². The van der Waals surface area contributed by atoms with Crippen LogP contribution in [-0.4, -0.2) is 48.5 Å². The summed E-state index contributed by atoms with van der Waals surface area (Å²) in [6.45, 7) is 3.78. The SMILES string of the molecule is CC(=O)c1ccc(N2CCN(C(=O)CCSc3ccccc3)CC2)c(F)c1. The zero-order valence-electron chi connectivity index (χ0n) is 15.4. The summed E-state index contributed by atoms with van der Waals surface area (Å²) in [4.78, 5) is 28.7. The Morgan fingerprint density at radius 1 is 1.04 bits per heavy atom. The fourth-order valence-electron chi connectivity index (χ4n) is 3.11. The van der Waals surface area contributed by atoms with Crippen LogP contribution in [0.25, 0.3) is 0 Å². The maximum absolute atomic E-state index is 14.3. The van der Waals surface area contributed by atoms with Gasteiger partial charge in [0.2, 0.25) is 5.91 Å². The van der Waals surface area contributed by atoms with Crippen molar-refractivity contribution in [1.29, 1.82) is 0 Å². The molecule has 6 heteroatoms. The van der Waals surface area contributed by atoms with Crippen molar-refractivity contribution >= 4 is 29.1 Å². The van der Waals surface area contributed by atoms with E-state index >= 15 is 0 Å². The number of hydrogen-bond donors (Lipinski definition) is 0. The van der Waals surface area contributed by atoms with E-state index in [0.29, 0.717) is 43.9 Å². The van der Waals surface area contributed by atoms with E-state index in [-0.39, 0.29) is 17.5 Å². The van der Waals surface area contributed by atoms with Crippen molar-refractivity contribution in [2.24, 2.45) is 0 Å². The summed E-state index contributed by atoms with van der Waals surface area (Å²) >= 11 is 1.68. The van der Waals surface area contributed by atoms with E-state index in [9.17, 15) is 14.0 Å². The molecule has 142 valence electrons. The predicted octanol–water partition coefficient (Wildman–Crippen LogP) is 3.86. The molecule has 4 nitrogen and oxygen atoms in total. The van der Waals surface area contributed by atoms with Gasteiger partial charge in [-0.2, -0.15) is 0 Å². The van der Waals surface area contributed by atoms with E-state index in [0.717, 1.165) is 5.75 Å². The maximum atomic E-state index is 14.3. The Labute approximate surface area is 163 Å². The van der Waals surface area contributed by atoms with Crippen molar-refractivity contribution in [3.63, 3.8) is 0 Å². The summed E-state index contributed by atoms with van der Waals surface area (Å²) in [7, 11) is 0. The molecule has 0 radical (unpaired) electrons. The van der Waals surface area contributed by atoms with Crippen LogP contribution in [0.5, 0.6) is 0 Å². The molecule has 0 spiro atoms. The van der Waals surface area contributed by atoms with Gasteiger partial charge in [0, 0.05) is 48.8 Å². The van der Waals surface area contributed by atoms with Gasteiger partial charge in [-0.3, -0.25) is 9.59 Å². The summed E-state index contributed by atoms with van der Waals surface area (Å²) in [5.74, 6) is 0.362. The van der Waals surface area contributed by atoms with Crippen molar-refractivity contribution in [1.82, 2.24) is 4.90 Å². The molecule has 0 unspecified atom stereocenters. The molecule has 27 heavy (non-hydrogen) atoms. The molecule has 0 atom stereocenters. The number of amides is 1. The number of piperazine rings is 1. The van der Waals surface area contributed by atoms with Crippen LogP contribution in [0.2, 0.25) is 0 Å². The molecular weight excluding hydrogens is 363 g/mol. The van der Waals surface area contributed by atoms with E-state index in [1.807, 2.05) is 40.1 Å². The number of nitrogens with zero attached hydrogens (tertiary/aromatic N) is 2. The molecule has 2 aromatic carbocycles. The summed E-state index contributed by atoms with van der Waals surface area (Å²) in [6, 6.07) is 14.6. The summed E-state index contributed by atoms with van der Waals surface area (Å²) in [5.41, 5.74) is 0.868. The lowest BCUT2D eigenvalue weighted by Crippen LogP contribution is -2.49. The third kappa shape index (κ3) is 5.10. The van der Waals surface area contributed by atoms with Gasteiger partial charge < -0.3 is 9.80 Å². The fourth-order valence-corrected chi connectivity index (χ4v) is 3.97. The minimum absolute atomic E-state index is 0.144. The minimum atomic E-state index is -0.387. The molecule has 1 aliphatic rings. The lowest BCUT2D eigenvalue weighted by molar-refractivity contribution is -0.131. The van der Waals surface area contributed by atoms with Gasteiger partial charge in [-0.05, 0) is 37.3 Å². The number of anilines is 1. The standard InChI is InChI=1S/C21H23FN2O2S/c1-16(25)17-7-8-20(19(22)15-17)23-10-12-24(13-11-23)21(26)9-14-27-18-5-3-2-4-6-18/h2-8,15H,9-14H2,1H3. The van der Waals surface area contributed by atoms with Gasteiger partial charge in [0.05, 0.1) is 5.69 Å². The Kier molecular flexibility index (Phi) is 6.50. The number of benzene rings is 2. The smallest absolute Gasteiger partial charge is 0.223 e. The number of hydrogen-bond acceptors (Lipinski definition) is 4. The van der Waals surface area contributed by atoms with Crippen molar-refractivity contribution in [2.75, 3.05) is 36.8 Å². The number of halogens is 1. The second-order valence-corrected chi connectivity index (χ2v) is 7.67. The Balaban J connectivity index is 1.48. The first-order valence-electron chi connectivity index (χ1n) is 9.05. The second-order valence-electron chi connectivity index (χ2n) is 6.50. The van der Waals surface area contributed by atoms with Gasteiger partial charge >= 0.3 is 0 Å². The Morgan fingerprint density at radius 2 is 1.74 bits per heavy atom. The maximum Gasteiger partial charge on any atom is 0.223 e. The first kappa shape index (κ1) is 19.4. The molecule has 1 amide bonds. The average molecular weight is 386 g/mol. The molecular formula is C21H23FN2O2S. The van der Waals surface area contributed by atoms with Gasteiger partial charge in [-0.25, -0.2) is 4.39 Å². The van der Waals surface area contributed by atoms with Crippen molar-refractivity contribution < 1.29 is 14.0 Å². The Bertz CT molecular complexity index is 805. The van der Waals surface area contributed by atoms with Crippen LogP contribution in [0.15, 0.2) is 53.4 Å². The normalized spacial score (nSPS) is 14.3. The van der Waals surface area contributed by atoms with Gasteiger partial charge in [-0.1, -0.05) is 18.2 Å². The lowest BCUT2D eigenvalue weighted by atomic mass is 10.1. The van der Waals surface area contributed by atoms with Crippen LogP contribution in [-0.2, 0) is 4.79 Å². The average Bonchev–Trinajstić information content (AvgIpc) is 2.69. The van der Waals surface area contributed by atoms with Crippen LogP contribution in [0.3, 0.4) is 0 Å². The van der Waals surface area contributed by atoms with E-state index in [1.54, 1.807) is 23.9 Å². The summed E-state index contributed by atoms with van der Waals surface area (Å²) < 4.78 is 14.3. The molecule has 0 N–H and O–H groups in total. The van der Waals surface area contributed by atoms with E-state index in [4.69, 9.17) is 0 Å². The third-order valence-corrected chi connectivity index (χ3v) is 5.67. The van der Waals surface area contributed by atoms with Gasteiger partial charge in [-0.15, -0.1) is 11.8 Å². The molecule has 1 saturated heterocycles. The third-order valence-electron chi connectivity index (χ3n) is 4.66. The number of carbonyl (C=O) groups is 2. The molecule has 1 heterocycles. The van der Waals surface area contributed by atoms with Crippen molar-refractivity contribution in [3.05, 3.63) is 59.9 Å². The largest absolute Gasteiger partial charge is 0.366 e. The number of Topliss-reactive ketones (excluding diaryl/α,β-unsaturated/α-hetero) is 1. The zero-order valence-corrected chi connectivity index (χ0v) is 16.2. The monoisotopic (exact) mass is 386 g/mol. The highest BCUT2D eigenvalue weighted by Gasteiger charge is 2.22. The van der Waals surface area contributed by atoms with Gasteiger partial charge in [0.1, 0.15) is 5.82 Å². The molecule has 3 rings (SSSR count). The molecule has 1 fully saturated rings. The highest BCUT2D eigenvalue weighted by Crippen LogP contribution is 2.23. The lowest BCUT2D eigenvalue weighted by Gasteiger charge is -2.36. The first-order valence-corrected chi connectivity index (χ1v) is 10.0. The highest BCUT2D eigenvalue weighted by molar-refractivity contribution is 7.99. The van der Waals surface area contributed by atoms with Gasteiger partial charge in [0.25, 0.3) is 0 Å². The molecule has 1 aliphatic heterocycles. The summed E-state index contributed by atoms with van der Waals surface area (Å²) in [5, 5.41) is 0. The first-order chi connectivity index (χ1) is 13.0. The molecule has 0 saturated carbocycles.